The molecule has 7 N–H and O–H groups in total. The Bertz CT molecular complexity index is 3030. The monoisotopic (exact) mass is 1180 g/mol. The average molecular weight is 1180 g/mol. The minimum absolute atomic E-state index is 0. The van der Waals surface area contributed by atoms with Gasteiger partial charge in [-0.1, -0.05) is 189 Å². The van der Waals surface area contributed by atoms with E-state index in [1.807, 2.05) is 158 Å². The second-order valence-corrected chi connectivity index (χ2v) is 17.7. The molecule has 0 aliphatic carbocycles. The van der Waals surface area contributed by atoms with Crippen LogP contribution >= 0.6 is 24.0 Å². The number of ether oxygens (including phenoxy) is 2. The van der Waals surface area contributed by atoms with Crippen LogP contribution in [0.4, 0.5) is 0 Å². The van der Waals surface area contributed by atoms with Crippen LogP contribution in [0.2, 0.25) is 0 Å². The number of oxime groups is 2. The first-order valence-electron chi connectivity index (χ1n) is 24.9. The van der Waals surface area contributed by atoms with E-state index in [0.29, 0.717) is 41.7 Å². The number of aromatic carboxylic acids is 1. The zero-order valence-corrected chi connectivity index (χ0v) is 49.7. The first kappa shape index (κ1) is 79.4. The zero-order valence-electron chi connectivity index (χ0n) is 48.1. The number of esters is 2. The number of rotatable bonds is 11. The predicted octanol–water partition coefficient (Wildman–Crippen LogP) is 10.5. The van der Waals surface area contributed by atoms with Gasteiger partial charge in [-0.25, -0.2) is 20.3 Å². The largest absolute Gasteiger partial charge is 1.00 e. The number of carboxylic acid groups (broad SMARTS) is 1. The van der Waals surface area contributed by atoms with Gasteiger partial charge in [0, 0.05) is 47.1 Å². The predicted molar refractivity (Wildman–Crippen MR) is 321 cm³/mol. The summed E-state index contributed by atoms with van der Waals surface area (Å²) in [7, 11) is 0. The van der Waals surface area contributed by atoms with Crippen LogP contribution in [0.25, 0.3) is 22.5 Å². The van der Waals surface area contributed by atoms with Gasteiger partial charge in [0.25, 0.3) is 0 Å². The van der Waals surface area contributed by atoms with Crippen molar-refractivity contribution in [3.63, 3.8) is 0 Å². The van der Waals surface area contributed by atoms with Crippen molar-refractivity contribution in [2.45, 2.75) is 89.5 Å². The Morgan fingerprint density at radius 3 is 1.40 bits per heavy atom. The second-order valence-electron chi connectivity index (χ2n) is 17.4. The summed E-state index contributed by atoms with van der Waals surface area (Å²) in [5, 5.41) is 45.6. The molecule has 444 valence electrons. The Morgan fingerprint density at radius 1 is 0.651 bits per heavy atom. The Labute approximate surface area is 509 Å². The van der Waals surface area contributed by atoms with E-state index in [2.05, 4.69) is 31.4 Å². The van der Waals surface area contributed by atoms with E-state index in [4.69, 9.17) is 50.8 Å². The van der Waals surface area contributed by atoms with E-state index in [9.17, 15) is 19.2 Å². The fraction of sp³-hybridized carbons (Fsp3) is 0.279. The average Bonchev–Trinajstić information content (AvgIpc) is 4.29. The van der Waals surface area contributed by atoms with E-state index in [0.717, 1.165) is 69.6 Å². The molecule has 7 aromatic rings. The number of aldehydes is 1. The number of hydrogen-bond donors (Lipinski definition) is 5. The van der Waals surface area contributed by atoms with E-state index < -0.39 is 11.9 Å². The van der Waals surface area contributed by atoms with Crippen molar-refractivity contribution in [1.82, 2.24) is 15.2 Å². The molecule has 22 heteroatoms. The van der Waals surface area contributed by atoms with Crippen LogP contribution in [0, 0.1) is 48.5 Å². The summed E-state index contributed by atoms with van der Waals surface area (Å²) in [6, 6.07) is 37.8. The summed E-state index contributed by atoms with van der Waals surface area (Å²) in [6.45, 7) is 21.7. The topological polar surface area (TPSA) is 304 Å². The number of aromatic nitrogens is 2. The van der Waals surface area contributed by atoms with Gasteiger partial charge in [-0.15, -0.1) is 12.4 Å². The number of hydrogen-bond acceptors (Lipinski definition) is 18. The number of aryl methyl sites for hydroxylation is 7. The molecule has 1 aliphatic rings. The number of nitrogens with two attached hydrogens (primary N) is 1. The number of allylic oxidation sites excluding steroid dienone is 1. The smallest absolute Gasteiger partial charge is 0.870 e. The Kier molecular flexibility index (Phi) is 41.9. The second kappa shape index (κ2) is 43.8. The standard InChI is InChI=1S/C14H15NO3.C12H11NO3.C10H17NO2.C8H8ClNO.C8H9NO.C8H8O.CH4.ClH.Li.H3NO.H2O/c1-4-17-14(16)12-10(3)18-15-13(12)11-7-5-9(2)6-8-11;1-7-3-5-9(6-4-7)11-10(12(14)15)8(2)16-13-11;1-3-13-10(12)8-9(2)11-6-4-5-7-11;1-6-2-4-7(5-3-6)8(9)10-11;1-7-2-4-8(5-3-7)6-9-10;1-7-2-4-8(6-9)5-3-7;;;;1-2;/h5-8H,4H2,1-3H3;3-6H,1-2H3,(H,14,15);8H,3-7H2,1-2H3;2-5,11H,1H3;2-6,10H,1H3;2-6H,1H3;1H4;1H;;2H,1H2;1H2/q;;;;;;;;+1;;/p-1/b;;;10-8+;9-6-;;;;;;. The fourth-order valence-corrected chi connectivity index (χ4v) is 7.01. The molecule has 19 nitrogen and oxygen atoms in total. The molecule has 0 amide bonds. The summed E-state index contributed by atoms with van der Waals surface area (Å²) >= 11 is 5.54. The first-order chi connectivity index (χ1) is 37.8. The van der Waals surface area contributed by atoms with Crippen LogP contribution in [0.1, 0.15) is 123 Å². The molecule has 0 bridgehead atoms. The van der Waals surface area contributed by atoms with Gasteiger partial charge in [-0.3, -0.25) is 4.79 Å². The van der Waals surface area contributed by atoms with Crippen molar-refractivity contribution < 1.29 is 82.8 Å². The van der Waals surface area contributed by atoms with Gasteiger partial charge in [0.2, 0.25) is 0 Å². The molecule has 3 heterocycles. The van der Waals surface area contributed by atoms with Gasteiger partial charge < -0.3 is 49.6 Å². The number of carbonyl (C=O) groups is 4. The van der Waals surface area contributed by atoms with E-state index in [1.54, 1.807) is 39.0 Å². The molecule has 1 fully saturated rings. The van der Waals surface area contributed by atoms with Crippen molar-refractivity contribution in [2.24, 2.45) is 16.2 Å². The summed E-state index contributed by atoms with van der Waals surface area (Å²) in [4.78, 5) is 46.3. The van der Waals surface area contributed by atoms with Crippen molar-refractivity contribution in [1.29, 1.82) is 0 Å². The van der Waals surface area contributed by atoms with Crippen LogP contribution in [0.3, 0.4) is 0 Å². The van der Waals surface area contributed by atoms with Crippen molar-refractivity contribution in [3.8, 4) is 22.5 Å². The quantitative estimate of drug-likeness (QED) is 0.0153. The van der Waals surface area contributed by atoms with Gasteiger partial charge in [-0.2, -0.15) is 0 Å². The van der Waals surface area contributed by atoms with Crippen LogP contribution < -0.4 is 24.8 Å². The first-order valence-corrected chi connectivity index (χ1v) is 25.3. The number of nitrogens with zero attached hydrogens (tertiary/aromatic N) is 5. The summed E-state index contributed by atoms with van der Waals surface area (Å²) < 4.78 is 19.9. The molecule has 1 aliphatic heterocycles. The van der Waals surface area contributed by atoms with Crippen molar-refractivity contribution in [3.05, 3.63) is 200 Å². The molecule has 83 heavy (non-hydrogen) atoms. The molecule has 0 saturated carbocycles. The number of halogens is 2. The van der Waals surface area contributed by atoms with E-state index >= 15 is 0 Å². The van der Waals surface area contributed by atoms with E-state index in [1.165, 1.54) is 30.2 Å². The van der Waals surface area contributed by atoms with Gasteiger partial charge in [-0.05, 0) is 87.6 Å². The third-order valence-corrected chi connectivity index (χ3v) is 11.5. The molecule has 0 spiro atoms. The molecule has 1 saturated heterocycles. The molecule has 5 aromatic carbocycles. The molecule has 0 atom stereocenters. The van der Waals surface area contributed by atoms with Gasteiger partial charge in [0.1, 0.15) is 40.3 Å². The normalized spacial score (nSPS) is 10.9. The summed E-state index contributed by atoms with van der Waals surface area (Å²) in [5.41, 5.74) is 12.2. The maximum atomic E-state index is 11.9. The fourth-order valence-electron chi connectivity index (χ4n) is 6.89. The molecular weight excluding hydrogens is 1100 g/mol. The molecule has 0 unspecified atom stereocenters. The number of carboxylic acids is 1. The third kappa shape index (κ3) is 28.6. The van der Waals surface area contributed by atoms with Crippen LogP contribution in [0.15, 0.2) is 152 Å². The SMILES string of the molecule is C.CCOC(=O)C=C(C)N1CCCC1.CCOC(=O)c1c(-c2ccc(C)cc2)noc1C.Cc1ccc(-c2noc(C)c2C(=O)O)cc1.Cc1ccc(/C(Cl)=N\O)cc1.Cc1ccc(/C=N\O)cc1.Cc1ccc(C=O)cc1.Cl.NO.[Li+].[OH-]. The molecule has 0 radical (unpaired) electrons. The summed E-state index contributed by atoms with van der Waals surface area (Å²) in [6.07, 6.45) is 6.29. The maximum Gasteiger partial charge on any atom is 1.00 e. The van der Waals surface area contributed by atoms with E-state index in [-0.39, 0.29) is 60.9 Å². The van der Waals surface area contributed by atoms with Gasteiger partial charge >= 0.3 is 36.8 Å². The Balaban J connectivity index is -0.000000924. The summed E-state index contributed by atoms with van der Waals surface area (Å²) in [5.74, 6) is 2.65. The van der Waals surface area contributed by atoms with Crippen LogP contribution in [0.5, 0.6) is 0 Å². The number of likely N-dealkylation sites (tertiary alicyclic amines) is 1. The van der Waals surface area contributed by atoms with Crippen molar-refractivity contribution >= 4 is 59.6 Å². The molecule has 2 aromatic heterocycles. The molecule has 8 rings (SSSR count). The third-order valence-electron chi connectivity index (χ3n) is 11.2. The maximum absolute atomic E-state index is 11.9. The zero-order chi connectivity index (χ0) is 58.9. The molecular formula is C61H77Cl2LiN6O13. The van der Waals surface area contributed by atoms with Crippen LogP contribution in [-0.2, 0) is 14.3 Å². The Morgan fingerprint density at radius 2 is 1.02 bits per heavy atom. The number of benzene rings is 5. The Hall–Kier alpha value is -7.86. The van der Waals surface area contributed by atoms with Gasteiger partial charge in [0.15, 0.2) is 5.17 Å². The minimum atomic E-state index is -1.02. The number of carbonyl (C=O) groups excluding carboxylic acids is 3. The minimum Gasteiger partial charge on any atom is -0.870 e. The van der Waals surface area contributed by atoms with Gasteiger partial charge in [0.05, 0.1) is 19.4 Å². The van der Waals surface area contributed by atoms with Crippen molar-refractivity contribution in [2.75, 3.05) is 26.3 Å². The van der Waals surface area contributed by atoms with Crippen LogP contribution in [-0.4, -0.2) is 103 Å².